The van der Waals surface area contributed by atoms with E-state index in [1.807, 2.05) is 32.0 Å². The molecule has 2 bridgehead atoms. The highest BCUT2D eigenvalue weighted by Gasteiger charge is 2.42. The molecule has 144 valence electrons. The number of fused-ring (bicyclic) bond motifs is 2. The molecule has 2 saturated carbocycles. The minimum atomic E-state index is -0.645. The molecular formula is C21H32N2O3. The van der Waals surface area contributed by atoms with Gasteiger partial charge in [-0.3, -0.25) is 4.79 Å². The average Bonchev–Trinajstić information content (AvgIpc) is 2.61. The number of amides is 1. The molecule has 2 atom stereocenters. The molecule has 0 aromatic heterocycles. The van der Waals surface area contributed by atoms with E-state index in [0.29, 0.717) is 23.3 Å². The van der Waals surface area contributed by atoms with Crippen molar-refractivity contribution in [1.29, 1.82) is 0 Å². The number of benzene rings is 1. The van der Waals surface area contributed by atoms with E-state index in [2.05, 4.69) is 5.32 Å². The number of ether oxygens (including phenoxy) is 2. The summed E-state index contributed by atoms with van der Waals surface area (Å²) < 4.78 is 10.7. The summed E-state index contributed by atoms with van der Waals surface area (Å²) in [4.78, 5) is 13.2. The lowest BCUT2D eigenvalue weighted by molar-refractivity contribution is -0.128. The van der Waals surface area contributed by atoms with Crippen LogP contribution in [0.15, 0.2) is 18.2 Å². The van der Waals surface area contributed by atoms with Gasteiger partial charge in [-0.05, 0) is 69.1 Å². The SMILES string of the molecule is COc1ccc(C(C)(C)C(=O)NC2C3CCCC2CC(N)C3)cc1OC. The van der Waals surface area contributed by atoms with Crippen LogP contribution in [0.2, 0.25) is 0 Å². The number of rotatable bonds is 5. The molecule has 0 aliphatic heterocycles. The van der Waals surface area contributed by atoms with Crippen molar-refractivity contribution in [2.75, 3.05) is 14.2 Å². The Bertz CT molecular complexity index is 645. The lowest BCUT2D eigenvalue weighted by atomic mass is 9.66. The zero-order valence-electron chi connectivity index (χ0n) is 16.4. The lowest BCUT2D eigenvalue weighted by Crippen LogP contribution is -2.56. The number of hydrogen-bond acceptors (Lipinski definition) is 4. The average molecular weight is 360 g/mol. The lowest BCUT2D eigenvalue weighted by Gasteiger charge is -2.46. The molecule has 0 spiro atoms. The summed E-state index contributed by atoms with van der Waals surface area (Å²) in [7, 11) is 3.23. The minimum Gasteiger partial charge on any atom is -0.493 e. The van der Waals surface area contributed by atoms with Crippen molar-refractivity contribution in [3.8, 4) is 11.5 Å². The first kappa shape index (κ1) is 19.0. The van der Waals surface area contributed by atoms with Crippen LogP contribution >= 0.6 is 0 Å². The number of nitrogens with two attached hydrogens (primary N) is 1. The fraction of sp³-hybridized carbons (Fsp3) is 0.667. The molecule has 26 heavy (non-hydrogen) atoms. The van der Waals surface area contributed by atoms with Gasteiger partial charge in [-0.2, -0.15) is 0 Å². The molecule has 2 aliphatic carbocycles. The van der Waals surface area contributed by atoms with E-state index in [1.165, 1.54) is 19.3 Å². The molecule has 0 radical (unpaired) electrons. The highest BCUT2D eigenvalue weighted by atomic mass is 16.5. The molecule has 3 N–H and O–H groups in total. The van der Waals surface area contributed by atoms with Crippen LogP contribution in [0.4, 0.5) is 0 Å². The minimum absolute atomic E-state index is 0.0714. The highest BCUT2D eigenvalue weighted by molar-refractivity contribution is 5.87. The van der Waals surface area contributed by atoms with Crippen molar-refractivity contribution in [2.45, 2.75) is 63.5 Å². The quantitative estimate of drug-likeness (QED) is 0.846. The van der Waals surface area contributed by atoms with Crippen LogP contribution in [0, 0.1) is 11.8 Å². The van der Waals surface area contributed by atoms with Crippen molar-refractivity contribution >= 4 is 5.91 Å². The molecule has 5 nitrogen and oxygen atoms in total. The van der Waals surface area contributed by atoms with Gasteiger partial charge in [-0.25, -0.2) is 0 Å². The van der Waals surface area contributed by atoms with Crippen LogP contribution in [0.1, 0.15) is 51.5 Å². The molecule has 3 rings (SSSR count). The van der Waals surface area contributed by atoms with Crippen LogP contribution in [0.3, 0.4) is 0 Å². The molecule has 0 saturated heterocycles. The third-order valence-electron chi connectivity index (χ3n) is 6.35. The van der Waals surface area contributed by atoms with Gasteiger partial charge in [0.2, 0.25) is 5.91 Å². The fourth-order valence-corrected chi connectivity index (χ4v) is 4.71. The Morgan fingerprint density at radius 1 is 1.12 bits per heavy atom. The van der Waals surface area contributed by atoms with Crippen LogP contribution in [0.5, 0.6) is 11.5 Å². The van der Waals surface area contributed by atoms with Gasteiger partial charge in [0.05, 0.1) is 19.6 Å². The van der Waals surface area contributed by atoms with Crippen LogP contribution in [-0.4, -0.2) is 32.2 Å². The second-order valence-electron chi connectivity index (χ2n) is 8.38. The van der Waals surface area contributed by atoms with Crippen LogP contribution < -0.4 is 20.5 Å². The summed E-state index contributed by atoms with van der Waals surface area (Å²) in [6, 6.07) is 6.25. The Labute approximate surface area is 156 Å². The Morgan fingerprint density at radius 3 is 2.31 bits per heavy atom. The van der Waals surface area contributed by atoms with E-state index in [4.69, 9.17) is 15.2 Å². The summed E-state index contributed by atoms with van der Waals surface area (Å²) in [5.74, 6) is 2.42. The van der Waals surface area contributed by atoms with Gasteiger partial charge in [0, 0.05) is 12.1 Å². The fourth-order valence-electron chi connectivity index (χ4n) is 4.71. The molecule has 1 amide bonds. The van der Waals surface area contributed by atoms with Crippen LogP contribution in [0.25, 0.3) is 0 Å². The molecule has 2 aliphatic rings. The zero-order chi connectivity index (χ0) is 18.9. The van der Waals surface area contributed by atoms with Gasteiger partial charge in [0.25, 0.3) is 0 Å². The summed E-state index contributed by atoms with van der Waals surface area (Å²) in [6.07, 6.45) is 5.65. The van der Waals surface area contributed by atoms with Gasteiger partial charge >= 0.3 is 0 Å². The van der Waals surface area contributed by atoms with E-state index in [1.54, 1.807) is 14.2 Å². The maximum atomic E-state index is 13.2. The third-order valence-corrected chi connectivity index (χ3v) is 6.35. The molecule has 5 heteroatoms. The number of hydrogen-bond donors (Lipinski definition) is 2. The Kier molecular flexibility index (Phi) is 5.47. The van der Waals surface area contributed by atoms with E-state index >= 15 is 0 Å². The smallest absolute Gasteiger partial charge is 0.230 e. The largest absolute Gasteiger partial charge is 0.493 e. The second-order valence-corrected chi connectivity index (χ2v) is 8.38. The zero-order valence-corrected chi connectivity index (χ0v) is 16.4. The van der Waals surface area contributed by atoms with Gasteiger partial charge in [0.15, 0.2) is 11.5 Å². The first-order chi connectivity index (χ1) is 12.4. The standard InChI is InChI=1S/C21H32N2O3/c1-21(2,15-8-9-17(25-3)18(12-15)26-4)20(24)23-19-13-6-5-7-14(19)11-16(22)10-13/h8-9,12-14,16,19H,5-7,10-11,22H2,1-4H3,(H,23,24). The molecule has 0 heterocycles. The van der Waals surface area contributed by atoms with Gasteiger partial charge in [-0.15, -0.1) is 0 Å². The van der Waals surface area contributed by atoms with Crippen molar-refractivity contribution in [3.05, 3.63) is 23.8 Å². The first-order valence-corrected chi connectivity index (χ1v) is 9.66. The molecule has 1 aromatic carbocycles. The molecule has 1 aromatic rings. The number of nitrogens with one attached hydrogen (secondary N) is 1. The summed E-state index contributed by atoms with van der Waals surface area (Å²) in [5, 5.41) is 3.38. The van der Waals surface area contributed by atoms with Crippen LogP contribution in [-0.2, 0) is 10.2 Å². The van der Waals surface area contributed by atoms with E-state index in [-0.39, 0.29) is 18.0 Å². The maximum absolute atomic E-state index is 13.2. The van der Waals surface area contributed by atoms with Gasteiger partial charge in [-0.1, -0.05) is 12.5 Å². The van der Waals surface area contributed by atoms with Gasteiger partial charge in [0.1, 0.15) is 0 Å². The number of methoxy groups -OCH3 is 2. The third kappa shape index (κ3) is 3.54. The van der Waals surface area contributed by atoms with E-state index in [0.717, 1.165) is 18.4 Å². The normalized spacial score (nSPS) is 28.3. The second kappa shape index (κ2) is 7.47. The predicted molar refractivity (Wildman–Crippen MR) is 103 cm³/mol. The van der Waals surface area contributed by atoms with Crippen molar-refractivity contribution in [2.24, 2.45) is 17.6 Å². The number of carbonyl (C=O) groups excluding carboxylic acids is 1. The van der Waals surface area contributed by atoms with E-state index in [9.17, 15) is 4.79 Å². The van der Waals surface area contributed by atoms with Crippen molar-refractivity contribution in [3.63, 3.8) is 0 Å². The van der Waals surface area contributed by atoms with Gasteiger partial charge < -0.3 is 20.5 Å². The Morgan fingerprint density at radius 2 is 1.73 bits per heavy atom. The highest BCUT2D eigenvalue weighted by Crippen LogP contribution is 2.40. The Hall–Kier alpha value is -1.75. The molecular weight excluding hydrogens is 328 g/mol. The summed E-state index contributed by atoms with van der Waals surface area (Å²) in [5.41, 5.74) is 6.49. The predicted octanol–water partition coefficient (Wildman–Crippen LogP) is 3.00. The maximum Gasteiger partial charge on any atom is 0.230 e. The van der Waals surface area contributed by atoms with E-state index < -0.39 is 5.41 Å². The van der Waals surface area contributed by atoms with Crippen molar-refractivity contribution < 1.29 is 14.3 Å². The number of carbonyl (C=O) groups is 1. The molecule has 2 fully saturated rings. The Balaban J connectivity index is 1.78. The summed E-state index contributed by atoms with van der Waals surface area (Å²) in [6.45, 7) is 3.93. The summed E-state index contributed by atoms with van der Waals surface area (Å²) >= 11 is 0. The first-order valence-electron chi connectivity index (χ1n) is 9.66. The molecule has 2 unspecified atom stereocenters. The topological polar surface area (TPSA) is 73.6 Å². The monoisotopic (exact) mass is 360 g/mol. The van der Waals surface area contributed by atoms with Crippen molar-refractivity contribution in [1.82, 2.24) is 5.32 Å².